The van der Waals surface area contributed by atoms with Crippen LogP contribution >= 0.6 is 0 Å². The van der Waals surface area contributed by atoms with Crippen molar-refractivity contribution in [2.45, 2.75) is 43.9 Å². The molecule has 108 valence electrons. The van der Waals surface area contributed by atoms with Crippen molar-refractivity contribution >= 4 is 15.9 Å². The summed E-state index contributed by atoms with van der Waals surface area (Å²) in [5, 5.41) is 0. The molecule has 2 heterocycles. The van der Waals surface area contributed by atoms with Gasteiger partial charge in [0, 0.05) is 6.61 Å². The van der Waals surface area contributed by atoms with Crippen molar-refractivity contribution in [3.8, 4) is 0 Å². The fraction of sp³-hybridized carbons (Fsp3) is 0.500. The van der Waals surface area contributed by atoms with Crippen LogP contribution in [0.3, 0.4) is 0 Å². The number of rotatable bonds is 2. The fourth-order valence-electron chi connectivity index (χ4n) is 2.76. The summed E-state index contributed by atoms with van der Waals surface area (Å²) in [4.78, 5) is 4.65. The second-order valence-electron chi connectivity index (χ2n) is 5.26. The standard InChI is InChI=1S/C14H18N2O3S/c1-10-5-7-12(8-6-10)20(17,18)16-11(2)15-14-13(16)4-3-9-19-14/h5-8,13-14H,3-4,9H2,1-2H3/t13-,14+/m1/s1. The summed E-state index contributed by atoms with van der Waals surface area (Å²) >= 11 is 0. The van der Waals surface area contributed by atoms with Gasteiger partial charge in [-0.2, -0.15) is 0 Å². The number of fused-ring (bicyclic) bond motifs is 1. The summed E-state index contributed by atoms with van der Waals surface area (Å²) < 4.78 is 32.6. The Morgan fingerprint density at radius 1 is 1.25 bits per heavy atom. The molecule has 0 amide bonds. The zero-order valence-corrected chi connectivity index (χ0v) is 12.4. The smallest absolute Gasteiger partial charge is 0.265 e. The van der Waals surface area contributed by atoms with Gasteiger partial charge in [-0.15, -0.1) is 0 Å². The minimum absolute atomic E-state index is 0.199. The lowest BCUT2D eigenvalue weighted by molar-refractivity contribution is -0.00207. The monoisotopic (exact) mass is 294 g/mol. The van der Waals surface area contributed by atoms with Crippen LogP contribution in [0.25, 0.3) is 0 Å². The zero-order chi connectivity index (χ0) is 14.3. The molecule has 2 atom stereocenters. The first-order chi connectivity index (χ1) is 9.50. The summed E-state index contributed by atoms with van der Waals surface area (Å²) in [6.07, 6.45) is 1.31. The highest BCUT2D eigenvalue weighted by Crippen LogP contribution is 2.31. The largest absolute Gasteiger partial charge is 0.354 e. The predicted octanol–water partition coefficient (Wildman–Crippen LogP) is 1.92. The van der Waals surface area contributed by atoms with Gasteiger partial charge in [-0.05, 0) is 38.8 Å². The maximum Gasteiger partial charge on any atom is 0.265 e. The number of ether oxygens (including phenoxy) is 1. The maximum absolute atomic E-state index is 12.8. The Bertz CT molecular complexity index is 637. The van der Waals surface area contributed by atoms with Crippen molar-refractivity contribution < 1.29 is 13.2 Å². The van der Waals surface area contributed by atoms with Crippen molar-refractivity contribution in [3.63, 3.8) is 0 Å². The van der Waals surface area contributed by atoms with Gasteiger partial charge in [-0.3, -0.25) is 0 Å². The van der Waals surface area contributed by atoms with Gasteiger partial charge >= 0.3 is 0 Å². The molecule has 3 rings (SSSR count). The van der Waals surface area contributed by atoms with E-state index >= 15 is 0 Å². The Kier molecular flexibility index (Phi) is 3.30. The lowest BCUT2D eigenvalue weighted by atomic mass is 10.1. The Morgan fingerprint density at radius 2 is 1.95 bits per heavy atom. The average molecular weight is 294 g/mol. The van der Waals surface area contributed by atoms with E-state index in [1.807, 2.05) is 19.1 Å². The van der Waals surface area contributed by atoms with Gasteiger partial charge in [-0.1, -0.05) is 17.7 Å². The molecule has 5 nitrogen and oxygen atoms in total. The quantitative estimate of drug-likeness (QED) is 0.837. The van der Waals surface area contributed by atoms with Crippen molar-refractivity contribution in [1.82, 2.24) is 4.31 Å². The van der Waals surface area contributed by atoms with Crippen LogP contribution in [0.2, 0.25) is 0 Å². The predicted molar refractivity (Wildman–Crippen MR) is 76.1 cm³/mol. The zero-order valence-electron chi connectivity index (χ0n) is 11.6. The molecule has 2 aliphatic heterocycles. The van der Waals surface area contributed by atoms with Gasteiger partial charge in [0.25, 0.3) is 10.0 Å². The molecular formula is C14H18N2O3S. The van der Waals surface area contributed by atoms with E-state index in [0.29, 0.717) is 17.3 Å². The van der Waals surface area contributed by atoms with Crippen LogP contribution in [0.15, 0.2) is 34.2 Å². The van der Waals surface area contributed by atoms with Crippen molar-refractivity contribution in [2.24, 2.45) is 4.99 Å². The third-order valence-corrected chi connectivity index (χ3v) is 5.69. The average Bonchev–Trinajstić information content (AvgIpc) is 2.75. The number of aliphatic imine (C=N–C) groups is 1. The molecular weight excluding hydrogens is 276 g/mol. The summed E-state index contributed by atoms with van der Waals surface area (Å²) in [6, 6.07) is 6.72. The SMILES string of the molecule is CC1=N[C@H]2OCCC[C@H]2N1S(=O)(=O)c1ccc(C)cc1. The van der Waals surface area contributed by atoms with Crippen LogP contribution in [-0.2, 0) is 14.8 Å². The van der Waals surface area contributed by atoms with Gasteiger partial charge in [0.1, 0.15) is 5.84 Å². The minimum atomic E-state index is -3.55. The van der Waals surface area contributed by atoms with Crippen molar-refractivity contribution in [3.05, 3.63) is 29.8 Å². The molecule has 2 aliphatic rings. The van der Waals surface area contributed by atoms with Gasteiger partial charge in [0.05, 0.1) is 10.9 Å². The van der Waals surface area contributed by atoms with Crippen molar-refractivity contribution in [2.75, 3.05) is 6.61 Å². The molecule has 0 N–H and O–H groups in total. The summed E-state index contributed by atoms with van der Waals surface area (Å²) in [5.41, 5.74) is 1.04. The molecule has 6 heteroatoms. The lowest BCUT2D eigenvalue weighted by Gasteiger charge is -2.31. The third-order valence-electron chi connectivity index (χ3n) is 3.77. The van der Waals surface area contributed by atoms with Crippen LogP contribution < -0.4 is 0 Å². The van der Waals surface area contributed by atoms with Crippen molar-refractivity contribution in [1.29, 1.82) is 0 Å². The Hall–Kier alpha value is -1.40. The van der Waals surface area contributed by atoms with Crippen LogP contribution in [0, 0.1) is 6.92 Å². The summed E-state index contributed by atoms with van der Waals surface area (Å²) in [6.45, 7) is 4.31. The highest BCUT2D eigenvalue weighted by molar-refractivity contribution is 7.89. The van der Waals surface area contributed by atoms with E-state index in [-0.39, 0.29) is 12.3 Å². The molecule has 0 bridgehead atoms. The van der Waals surface area contributed by atoms with Gasteiger partial charge in [0.15, 0.2) is 6.23 Å². The minimum Gasteiger partial charge on any atom is -0.354 e. The van der Waals surface area contributed by atoms with Crippen LogP contribution in [-0.4, -0.2) is 37.4 Å². The van der Waals surface area contributed by atoms with Crippen LogP contribution in [0.4, 0.5) is 0 Å². The van der Waals surface area contributed by atoms with Crippen LogP contribution in [0.5, 0.6) is 0 Å². The maximum atomic E-state index is 12.8. The number of sulfonamides is 1. The number of benzene rings is 1. The molecule has 1 fully saturated rings. The fourth-order valence-corrected chi connectivity index (χ4v) is 4.43. The highest BCUT2D eigenvalue weighted by atomic mass is 32.2. The molecule has 1 aromatic rings. The second kappa shape index (κ2) is 4.86. The van der Waals surface area contributed by atoms with E-state index in [4.69, 9.17) is 4.74 Å². The molecule has 0 aromatic heterocycles. The molecule has 1 aromatic carbocycles. The first-order valence-electron chi connectivity index (χ1n) is 6.77. The van der Waals surface area contributed by atoms with E-state index in [1.165, 1.54) is 4.31 Å². The normalized spacial score (nSPS) is 26.3. The van der Waals surface area contributed by atoms with E-state index in [1.54, 1.807) is 19.1 Å². The lowest BCUT2D eigenvalue weighted by Crippen LogP contribution is -2.45. The first-order valence-corrected chi connectivity index (χ1v) is 8.21. The number of nitrogens with zero attached hydrogens (tertiary/aromatic N) is 2. The molecule has 20 heavy (non-hydrogen) atoms. The molecule has 0 spiro atoms. The third kappa shape index (κ3) is 2.13. The number of hydrogen-bond donors (Lipinski definition) is 0. The number of hydrogen-bond acceptors (Lipinski definition) is 4. The Morgan fingerprint density at radius 3 is 2.65 bits per heavy atom. The Balaban J connectivity index is 1.98. The number of amidine groups is 1. The van der Waals surface area contributed by atoms with E-state index in [2.05, 4.69) is 4.99 Å². The van der Waals surface area contributed by atoms with Gasteiger partial charge in [0.2, 0.25) is 0 Å². The second-order valence-corrected chi connectivity index (χ2v) is 7.08. The topological polar surface area (TPSA) is 59.0 Å². The molecule has 1 saturated heterocycles. The van der Waals surface area contributed by atoms with Crippen LogP contribution in [0.1, 0.15) is 25.3 Å². The highest BCUT2D eigenvalue weighted by Gasteiger charge is 2.43. The summed E-state index contributed by atoms with van der Waals surface area (Å²) in [5.74, 6) is 0.516. The first kappa shape index (κ1) is 13.6. The molecule has 0 aliphatic carbocycles. The number of aryl methyl sites for hydroxylation is 1. The summed E-state index contributed by atoms with van der Waals surface area (Å²) in [7, 11) is -3.55. The van der Waals surface area contributed by atoms with E-state index < -0.39 is 10.0 Å². The Labute approximate surface area is 119 Å². The molecule has 0 unspecified atom stereocenters. The van der Waals surface area contributed by atoms with E-state index in [0.717, 1.165) is 18.4 Å². The molecule has 0 saturated carbocycles. The molecule has 0 radical (unpaired) electrons. The van der Waals surface area contributed by atoms with E-state index in [9.17, 15) is 8.42 Å². The van der Waals surface area contributed by atoms with Gasteiger partial charge < -0.3 is 4.74 Å². The van der Waals surface area contributed by atoms with Gasteiger partial charge in [-0.25, -0.2) is 17.7 Å².